The average Bonchev–Trinajstić information content (AvgIpc) is 2.49. The Morgan fingerprint density at radius 3 is 3.00 bits per heavy atom. The number of nitrogens with zero attached hydrogens (tertiary/aromatic N) is 2. The molecule has 0 aromatic heterocycles. The van der Waals surface area contributed by atoms with Crippen molar-refractivity contribution in [3.8, 4) is 0 Å². The van der Waals surface area contributed by atoms with E-state index < -0.39 is 5.97 Å². The summed E-state index contributed by atoms with van der Waals surface area (Å²) >= 11 is 0. The highest BCUT2D eigenvalue weighted by molar-refractivity contribution is 5.85. The van der Waals surface area contributed by atoms with Crippen LogP contribution in [0.5, 0.6) is 0 Å². The lowest BCUT2D eigenvalue weighted by atomic mass is 9.98. The van der Waals surface area contributed by atoms with Crippen molar-refractivity contribution >= 4 is 24.6 Å². The molecule has 1 N–H and O–H groups in total. The maximum absolute atomic E-state index is 11.0. The summed E-state index contributed by atoms with van der Waals surface area (Å²) in [5.74, 6) is -0.938. The van der Waals surface area contributed by atoms with Crippen LogP contribution < -0.4 is 0 Å². The zero-order chi connectivity index (χ0) is 15.1. The van der Waals surface area contributed by atoms with E-state index in [1.54, 1.807) is 6.21 Å². The minimum atomic E-state index is -0.696. The highest BCUT2D eigenvalue weighted by atomic mass is 35.5. The van der Waals surface area contributed by atoms with Crippen LogP contribution in [-0.4, -0.2) is 48.4 Å². The summed E-state index contributed by atoms with van der Waals surface area (Å²) in [5, 5.41) is 13.0. The fourth-order valence-corrected chi connectivity index (χ4v) is 2.51. The van der Waals surface area contributed by atoms with Crippen molar-refractivity contribution in [1.29, 1.82) is 0 Å². The van der Waals surface area contributed by atoms with E-state index in [1.165, 1.54) is 0 Å². The van der Waals surface area contributed by atoms with E-state index >= 15 is 0 Å². The number of likely N-dealkylation sites (tertiary alicyclic amines) is 1. The van der Waals surface area contributed by atoms with Gasteiger partial charge in [-0.25, -0.2) is 0 Å². The van der Waals surface area contributed by atoms with Crippen LogP contribution in [0.2, 0.25) is 0 Å². The molecule has 0 aliphatic carbocycles. The molecule has 0 bridgehead atoms. The Morgan fingerprint density at radius 1 is 1.50 bits per heavy atom. The second-order valence-electron chi connectivity index (χ2n) is 5.40. The molecule has 1 aromatic rings. The summed E-state index contributed by atoms with van der Waals surface area (Å²) in [6.07, 6.45) is 3.42. The number of carbonyl (C=O) groups is 1. The number of halogens is 1. The SMILES string of the molecule is Cc1ccccc1C=NOCCN1CCCC(C(=O)O)C1.Cl. The zero-order valence-corrected chi connectivity index (χ0v) is 13.6. The van der Waals surface area contributed by atoms with Crippen LogP contribution in [0.1, 0.15) is 24.0 Å². The number of carboxylic acid groups (broad SMARTS) is 1. The predicted octanol–water partition coefficient (Wildman–Crippen LogP) is 2.56. The van der Waals surface area contributed by atoms with Crippen LogP contribution in [0.3, 0.4) is 0 Å². The molecule has 1 aromatic carbocycles. The standard InChI is InChI=1S/C16H22N2O3.ClH/c1-13-5-2-3-6-14(13)11-17-21-10-9-18-8-4-7-15(12-18)16(19)20;/h2-3,5-6,11,15H,4,7-10,12H2,1H3,(H,19,20);1H. The molecule has 6 heteroatoms. The van der Waals surface area contributed by atoms with Crippen molar-refractivity contribution in [2.45, 2.75) is 19.8 Å². The molecule has 1 saturated heterocycles. The van der Waals surface area contributed by atoms with Crippen LogP contribution in [0.25, 0.3) is 0 Å². The van der Waals surface area contributed by atoms with Crippen molar-refractivity contribution in [2.75, 3.05) is 26.2 Å². The van der Waals surface area contributed by atoms with E-state index in [9.17, 15) is 4.79 Å². The van der Waals surface area contributed by atoms with Gasteiger partial charge in [0, 0.05) is 13.1 Å². The number of rotatable bonds is 6. The van der Waals surface area contributed by atoms with Gasteiger partial charge >= 0.3 is 5.97 Å². The summed E-state index contributed by atoms with van der Waals surface area (Å²) in [6.45, 7) is 4.78. The molecular formula is C16H23ClN2O3. The third-order valence-corrected chi connectivity index (χ3v) is 3.81. The summed E-state index contributed by atoms with van der Waals surface area (Å²) in [7, 11) is 0. The number of piperidine rings is 1. The molecule has 1 aliphatic heterocycles. The first-order valence-electron chi connectivity index (χ1n) is 7.33. The number of aliphatic carboxylic acids is 1. The smallest absolute Gasteiger partial charge is 0.307 e. The van der Waals surface area contributed by atoms with Gasteiger partial charge in [-0.15, -0.1) is 12.4 Å². The lowest BCUT2D eigenvalue weighted by molar-refractivity contribution is -0.143. The van der Waals surface area contributed by atoms with Crippen LogP contribution in [0, 0.1) is 12.8 Å². The number of aryl methyl sites for hydroxylation is 1. The van der Waals surface area contributed by atoms with Gasteiger partial charge in [0.2, 0.25) is 0 Å². The van der Waals surface area contributed by atoms with Gasteiger partial charge in [0.25, 0.3) is 0 Å². The van der Waals surface area contributed by atoms with Crippen molar-refractivity contribution in [3.63, 3.8) is 0 Å². The molecular weight excluding hydrogens is 304 g/mol. The molecule has 0 radical (unpaired) electrons. The van der Waals surface area contributed by atoms with Crippen molar-refractivity contribution < 1.29 is 14.7 Å². The molecule has 122 valence electrons. The highest BCUT2D eigenvalue weighted by Crippen LogP contribution is 2.16. The van der Waals surface area contributed by atoms with E-state index in [2.05, 4.69) is 10.1 Å². The molecule has 1 aliphatic rings. The van der Waals surface area contributed by atoms with Gasteiger partial charge < -0.3 is 9.94 Å². The van der Waals surface area contributed by atoms with E-state index in [-0.39, 0.29) is 18.3 Å². The van der Waals surface area contributed by atoms with Gasteiger partial charge in [-0.3, -0.25) is 9.69 Å². The third kappa shape index (κ3) is 5.66. The van der Waals surface area contributed by atoms with Crippen LogP contribution >= 0.6 is 12.4 Å². The summed E-state index contributed by atoms with van der Waals surface area (Å²) in [5.41, 5.74) is 2.20. The lowest BCUT2D eigenvalue weighted by Crippen LogP contribution is -2.40. The Labute approximate surface area is 137 Å². The van der Waals surface area contributed by atoms with Gasteiger partial charge in [-0.05, 0) is 37.4 Å². The summed E-state index contributed by atoms with van der Waals surface area (Å²) in [6, 6.07) is 7.97. The molecule has 1 fully saturated rings. The molecule has 0 amide bonds. The first-order valence-corrected chi connectivity index (χ1v) is 7.33. The largest absolute Gasteiger partial charge is 0.481 e. The van der Waals surface area contributed by atoms with Crippen LogP contribution in [0.15, 0.2) is 29.4 Å². The van der Waals surface area contributed by atoms with E-state index in [1.807, 2.05) is 31.2 Å². The minimum Gasteiger partial charge on any atom is -0.481 e. The monoisotopic (exact) mass is 326 g/mol. The van der Waals surface area contributed by atoms with Gasteiger partial charge in [-0.1, -0.05) is 29.4 Å². The van der Waals surface area contributed by atoms with E-state index in [0.717, 1.165) is 37.1 Å². The van der Waals surface area contributed by atoms with Gasteiger partial charge in [-0.2, -0.15) is 0 Å². The van der Waals surface area contributed by atoms with E-state index in [0.29, 0.717) is 13.2 Å². The lowest BCUT2D eigenvalue weighted by Gasteiger charge is -2.29. The maximum atomic E-state index is 11.0. The second kappa shape index (κ2) is 9.43. The highest BCUT2D eigenvalue weighted by Gasteiger charge is 2.24. The summed E-state index contributed by atoms with van der Waals surface area (Å²) in [4.78, 5) is 18.4. The Hall–Kier alpha value is -1.59. The Balaban J connectivity index is 0.00000242. The topological polar surface area (TPSA) is 62.1 Å². The molecule has 0 spiro atoms. The minimum absolute atomic E-state index is 0. The predicted molar refractivity (Wildman–Crippen MR) is 88.8 cm³/mol. The Bertz CT molecular complexity index is 508. The fourth-order valence-electron chi connectivity index (χ4n) is 2.51. The van der Waals surface area contributed by atoms with Crippen LogP contribution in [-0.2, 0) is 9.63 Å². The number of carboxylic acids is 1. The average molecular weight is 327 g/mol. The fraction of sp³-hybridized carbons (Fsp3) is 0.500. The van der Waals surface area contributed by atoms with Gasteiger partial charge in [0.1, 0.15) is 6.61 Å². The zero-order valence-electron chi connectivity index (χ0n) is 12.8. The number of benzene rings is 1. The van der Waals surface area contributed by atoms with Crippen molar-refractivity contribution in [3.05, 3.63) is 35.4 Å². The molecule has 1 heterocycles. The first-order chi connectivity index (χ1) is 10.2. The molecule has 22 heavy (non-hydrogen) atoms. The van der Waals surface area contributed by atoms with E-state index in [4.69, 9.17) is 9.94 Å². The first kappa shape index (κ1) is 18.5. The molecule has 1 atom stereocenters. The number of hydrogen-bond acceptors (Lipinski definition) is 4. The Morgan fingerprint density at radius 2 is 2.27 bits per heavy atom. The van der Waals surface area contributed by atoms with Gasteiger partial charge in [0.15, 0.2) is 0 Å². The third-order valence-electron chi connectivity index (χ3n) is 3.81. The summed E-state index contributed by atoms with van der Waals surface area (Å²) < 4.78 is 0. The van der Waals surface area contributed by atoms with Crippen molar-refractivity contribution in [1.82, 2.24) is 4.90 Å². The number of oxime groups is 1. The molecule has 0 saturated carbocycles. The van der Waals surface area contributed by atoms with Crippen LogP contribution in [0.4, 0.5) is 0 Å². The van der Waals surface area contributed by atoms with Gasteiger partial charge in [0.05, 0.1) is 12.1 Å². The molecule has 2 rings (SSSR count). The Kier molecular flexibility index (Phi) is 7.91. The molecule has 5 nitrogen and oxygen atoms in total. The normalized spacial score (nSPS) is 18.9. The second-order valence-corrected chi connectivity index (χ2v) is 5.40. The van der Waals surface area contributed by atoms with Crippen molar-refractivity contribution in [2.24, 2.45) is 11.1 Å². The quantitative estimate of drug-likeness (QED) is 0.496. The maximum Gasteiger partial charge on any atom is 0.307 e. The molecule has 1 unspecified atom stereocenters. The number of hydrogen-bond donors (Lipinski definition) is 1.